The largest absolute Gasteiger partial charge is 0.394 e. The van der Waals surface area contributed by atoms with Crippen molar-refractivity contribution in [3.63, 3.8) is 0 Å². The average molecular weight is 1070 g/mol. The summed E-state index contributed by atoms with van der Waals surface area (Å²) >= 11 is 0. The van der Waals surface area contributed by atoms with Gasteiger partial charge >= 0.3 is 0 Å². The summed E-state index contributed by atoms with van der Waals surface area (Å²) in [7, 11) is 0. The van der Waals surface area contributed by atoms with Crippen LogP contribution >= 0.6 is 0 Å². The van der Waals surface area contributed by atoms with Gasteiger partial charge in [-0.3, -0.25) is 0 Å². The van der Waals surface area contributed by atoms with Crippen molar-refractivity contribution >= 4 is 0 Å². The molecule has 8 fully saturated rings. The van der Waals surface area contributed by atoms with Gasteiger partial charge in [0.15, 0.2) is 50.3 Å². The maximum absolute atomic E-state index is 11.4. The Morgan fingerprint density at radius 2 is 0.589 bits per heavy atom. The Balaban J connectivity index is 1.10. The van der Waals surface area contributed by atoms with Crippen LogP contribution in [0.3, 0.4) is 0 Å². The molecule has 32 atom stereocenters. The Bertz CT molecular complexity index is 1710. The average Bonchev–Trinajstić information content (AvgIpc) is 4.02. The van der Waals surface area contributed by atoms with Crippen LogP contribution in [-0.2, 0) is 71.1 Å². The van der Waals surface area contributed by atoms with Crippen LogP contribution in [0.1, 0.15) is 0 Å². The Morgan fingerprint density at radius 3 is 1.03 bits per heavy atom. The van der Waals surface area contributed by atoms with Crippen molar-refractivity contribution in [1.82, 2.24) is 0 Å². The maximum Gasteiger partial charge on any atom is 0.187 e. The molecule has 8 aliphatic rings. The van der Waals surface area contributed by atoms with Gasteiger partial charge in [-0.1, -0.05) is 0 Å². The minimum Gasteiger partial charge on any atom is -0.394 e. The first-order valence-electron chi connectivity index (χ1n) is 23.4. The second-order valence-electron chi connectivity index (χ2n) is 18.6. The fourth-order valence-corrected chi connectivity index (χ4v) is 9.42. The zero-order valence-electron chi connectivity index (χ0n) is 38.3. The fraction of sp³-hybridized carbons (Fsp3) is 1.00. The molecule has 33 nitrogen and oxygen atoms in total. The molecule has 0 aliphatic carbocycles. The second-order valence-corrected chi connectivity index (χ2v) is 18.6. The Labute approximate surface area is 412 Å². The van der Waals surface area contributed by atoms with E-state index in [4.69, 9.17) is 71.1 Å². The van der Waals surface area contributed by atoms with Crippen LogP contribution in [0.15, 0.2) is 0 Å². The highest BCUT2D eigenvalue weighted by Crippen LogP contribution is 2.38. The Morgan fingerprint density at radius 1 is 0.274 bits per heavy atom. The summed E-state index contributed by atoms with van der Waals surface area (Å²) in [5.74, 6) is 0. The summed E-state index contributed by atoms with van der Waals surface area (Å²) in [5.41, 5.74) is 0. The number of aliphatic hydroxyl groups excluding tert-OH is 18. The minimum atomic E-state index is -1.98. The van der Waals surface area contributed by atoms with Gasteiger partial charge in [-0.25, -0.2) is 0 Å². The highest BCUT2D eigenvalue weighted by atomic mass is 16.8. The Kier molecular flexibility index (Phi) is 19.6. The zero-order valence-corrected chi connectivity index (χ0v) is 38.3. The van der Waals surface area contributed by atoms with E-state index < -0.39 is 250 Å². The number of rotatable bonds is 18. The van der Waals surface area contributed by atoms with Crippen LogP contribution in [0.25, 0.3) is 0 Å². The van der Waals surface area contributed by atoms with Crippen LogP contribution in [0.2, 0.25) is 0 Å². The molecule has 0 aromatic carbocycles. The lowest BCUT2D eigenvalue weighted by atomic mass is 10.0. The van der Waals surface area contributed by atoms with E-state index in [1.165, 1.54) is 0 Å². The standard InChI is InChI=1S/C40H66O33/c41-1-10-17(46)25(54)35(63-10)70-29-9(45)5-60-39(31(29)72-37-27(56)19(48)12(3-43)65-37)69-16-8-62-40(68-15-7-61-34(24(53)22(15)51)67-14-6-59-33(58)23(52)21(14)50)32(73-38-28(57)20(49)13(4-44)66-38)30(16)71-36-26(55)18(47)11(2-42)64-36/h9-58H,1-8H2. The molecular formula is C40H66O33. The summed E-state index contributed by atoms with van der Waals surface area (Å²) in [6.07, 6.45) is -56.0. The smallest absolute Gasteiger partial charge is 0.187 e. The third kappa shape index (κ3) is 12.0. The molecule has 0 aromatic rings. The summed E-state index contributed by atoms with van der Waals surface area (Å²) in [6, 6.07) is 0. The van der Waals surface area contributed by atoms with Crippen LogP contribution in [0, 0.1) is 0 Å². The van der Waals surface area contributed by atoms with E-state index in [2.05, 4.69) is 0 Å². The predicted molar refractivity (Wildman–Crippen MR) is 216 cm³/mol. The number of aliphatic hydroxyl groups is 18. The van der Waals surface area contributed by atoms with Gasteiger partial charge < -0.3 is 163 Å². The number of hydrogen-bond donors (Lipinski definition) is 18. The lowest BCUT2D eigenvalue weighted by Gasteiger charge is -2.48. The third-order valence-corrected chi connectivity index (χ3v) is 13.8. The molecule has 18 N–H and O–H groups in total. The van der Waals surface area contributed by atoms with Crippen LogP contribution in [0.5, 0.6) is 0 Å². The van der Waals surface area contributed by atoms with Crippen LogP contribution in [-0.4, -0.2) is 342 Å². The van der Waals surface area contributed by atoms with Crippen molar-refractivity contribution in [2.75, 3.05) is 52.9 Å². The van der Waals surface area contributed by atoms with Gasteiger partial charge in [0.2, 0.25) is 0 Å². The Hall–Kier alpha value is -1.32. The second kappa shape index (κ2) is 24.8. The van der Waals surface area contributed by atoms with Gasteiger partial charge in [0.25, 0.3) is 0 Å². The number of hydrogen-bond acceptors (Lipinski definition) is 33. The zero-order chi connectivity index (χ0) is 52.7. The molecule has 0 bridgehead atoms. The molecule has 0 amide bonds. The molecule has 8 rings (SSSR count). The highest BCUT2D eigenvalue weighted by Gasteiger charge is 2.58. The van der Waals surface area contributed by atoms with Crippen LogP contribution < -0.4 is 0 Å². The molecule has 73 heavy (non-hydrogen) atoms. The molecule has 8 heterocycles. The normalized spacial score (nSPS) is 53.8. The fourth-order valence-electron chi connectivity index (χ4n) is 9.42. The van der Waals surface area contributed by atoms with E-state index >= 15 is 0 Å². The maximum atomic E-state index is 11.4. The van der Waals surface area contributed by atoms with Crippen molar-refractivity contribution in [3.8, 4) is 0 Å². The first-order valence-corrected chi connectivity index (χ1v) is 23.4. The molecule has 32 unspecified atom stereocenters. The summed E-state index contributed by atoms with van der Waals surface area (Å²) in [5, 5.41) is 190. The molecule has 8 saturated heterocycles. The summed E-state index contributed by atoms with van der Waals surface area (Å²) in [6.45, 7) is -5.76. The quantitative estimate of drug-likeness (QED) is 0.0606. The van der Waals surface area contributed by atoms with Gasteiger partial charge in [-0.05, 0) is 0 Å². The molecule has 424 valence electrons. The van der Waals surface area contributed by atoms with E-state index in [1.807, 2.05) is 0 Å². The molecular weight excluding hydrogens is 1010 g/mol. The highest BCUT2D eigenvalue weighted by molar-refractivity contribution is 4.98. The molecule has 0 radical (unpaired) electrons. The van der Waals surface area contributed by atoms with E-state index in [-0.39, 0.29) is 0 Å². The van der Waals surface area contributed by atoms with Gasteiger partial charge in [-0.15, -0.1) is 0 Å². The molecule has 8 aliphatic heterocycles. The molecule has 33 heteroatoms. The van der Waals surface area contributed by atoms with E-state index in [0.29, 0.717) is 0 Å². The predicted octanol–water partition coefficient (Wildman–Crippen LogP) is -13.3. The van der Waals surface area contributed by atoms with Crippen molar-refractivity contribution in [1.29, 1.82) is 0 Å². The van der Waals surface area contributed by atoms with Crippen molar-refractivity contribution < 1.29 is 163 Å². The van der Waals surface area contributed by atoms with Crippen molar-refractivity contribution in [2.24, 2.45) is 0 Å². The van der Waals surface area contributed by atoms with Crippen molar-refractivity contribution in [2.45, 2.75) is 197 Å². The van der Waals surface area contributed by atoms with Crippen molar-refractivity contribution in [3.05, 3.63) is 0 Å². The summed E-state index contributed by atoms with van der Waals surface area (Å²) < 4.78 is 87.2. The molecule has 0 aromatic heterocycles. The van der Waals surface area contributed by atoms with E-state index in [0.717, 1.165) is 0 Å². The lowest BCUT2D eigenvalue weighted by molar-refractivity contribution is -0.391. The van der Waals surface area contributed by atoms with Gasteiger partial charge in [-0.2, -0.15) is 0 Å². The van der Waals surface area contributed by atoms with Gasteiger partial charge in [0.05, 0.1) is 52.9 Å². The topological polar surface area (TPSA) is 503 Å². The summed E-state index contributed by atoms with van der Waals surface area (Å²) in [4.78, 5) is 0. The van der Waals surface area contributed by atoms with Gasteiger partial charge in [0, 0.05) is 0 Å². The third-order valence-electron chi connectivity index (χ3n) is 13.8. The minimum absolute atomic E-state index is 0.470. The van der Waals surface area contributed by atoms with E-state index in [1.54, 1.807) is 0 Å². The monoisotopic (exact) mass is 1070 g/mol. The first-order chi connectivity index (χ1) is 34.8. The lowest BCUT2D eigenvalue weighted by Crippen LogP contribution is -2.65. The van der Waals surface area contributed by atoms with Crippen LogP contribution in [0.4, 0.5) is 0 Å². The molecule has 0 saturated carbocycles. The number of ether oxygens (including phenoxy) is 15. The SMILES string of the molecule is OCC1OC(OC2C(O)COC(OC3COC(OC4COC(OC5COC(O)C(O)C5O)C(O)C4O)C(OC4OC(CO)C(O)C4O)C3OC3OC(CO)C(O)C3O)C2OC2OC(CO)C(O)C2O)C(O)C1O. The van der Waals surface area contributed by atoms with E-state index in [9.17, 15) is 91.9 Å². The molecule has 0 spiro atoms. The van der Waals surface area contributed by atoms with Gasteiger partial charge in [0.1, 0.15) is 146 Å². The first kappa shape index (κ1) is 57.8.